The molecule has 1 fully saturated rings. The van der Waals surface area contributed by atoms with Gasteiger partial charge in [-0.3, -0.25) is 0 Å². The SMILES string of the molecule is CC=CC(=O)OC1CC(C)(C)NC(C)(C)C1. The molecule has 1 N–H and O–H groups in total. The molecule has 1 aliphatic heterocycles. The van der Waals surface area contributed by atoms with Gasteiger partial charge in [-0.1, -0.05) is 6.08 Å². The predicted molar refractivity (Wildman–Crippen MR) is 65.2 cm³/mol. The third kappa shape index (κ3) is 3.97. The van der Waals surface area contributed by atoms with Gasteiger partial charge in [-0.2, -0.15) is 0 Å². The summed E-state index contributed by atoms with van der Waals surface area (Å²) in [5.41, 5.74) is 0.0330. The van der Waals surface area contributed by atoms with E-state index in [4.69, 9.17) is 4.74 Å². The molecule has 1 heterocycles. The van der Waals surface area contributed by atoms with Crippen LogP contribution in [0.5, 0.6) is 0 Å². The average Bonchev–Trinajstić information content (AvgIpc) is 1.96. The molecule has 0 aliphatic carbocycles. The van der Waals surface area contributed by atoms with Crippen LogP contribution in [0.2, 0.25) is 0 Å². The van der Waals surface area contributed by atoms with Gasteiger partial charge in [0.05, 0.1) is 0 Å². The zero-order chi connectivity index (χ0) is 12.4. The van der Waals surface area contributed by atoms with E-state index in [9.17, 15) is 4.79 Å². The molecule has 0 aromatic carbocycles. The van der Waals surface area contributed by atoms with Crippen molar-refractivity contribution in [2.45, 2.75) is 64.6 Å². The van der Waals surface area contributed by atoms with Crippen molar-refractivity contribution in [3.8, 4) is 0 Å². The Morgan fingerprint density at radius 2 is 1.75 bits per heavy atom. The van der Waals surface area contributed by atoms with Crippen molar-refractivity contribution in [2.75, 3.05) is 0 Å². The van der Waals surface area contributed by atoms with E-state index in [2.05, 4.69) is 33.0 Å². The summed E-state index contributed by atoms with van der Waals surface area (Å²) in [6.07, 6.45) is 4.91. The molecule has 0 spiro atoms. The predicted octanol–water partition coefficient (Wildman–Crippen LogP) is 2.41. The van der Waals surface area contributed by atoms with Gasteiger partial charge >= 0.3 is 5.97 Å². The maximum absolute atomic E-state index is 11.4. The van der Waals surface area contributed by atoms with E-state index >= 15 is 0 Å². The number of esters is 1. The molecule has 0 bridgehead atoms. The molecule has 0 saturated carbocycles. The van der Waals surface area contributed by atoms with E-state index in [1.54, 1.807) is 6.08 Å². The summed E-state index contributed by atoms with van der Waals surface area (Å²) in [6.45, 7) is 10.4. The van der Waals surface area contributed by atoms with E-state index in [1.165, 1.54) is 6.08 Å². The summed E-state index contributed by atoms with van der Waals surface area (Å²) >= 11 is 0. The van der Waals surface area contributed by atoms with Crippen LogP contribution in [0.4, 0.5) is 0 Å². The molecule has 1 aliphatic rings. The highest BCUT2D eigenvalue weighted by atomic mass is 16.5. The Balaban J connectivity index is 2.64. The molecule has 0 amide bonds. The minimum Gasteiger partial charge on any atom is -0.459 e. The normalized spacial score (nSPS) is 24.6. The van der Waals surface area contributed by atoms with Crippen LogP contribution in [0.15, 0.2) is 12.2 Å². The Morgan fingerprint density at radius 1 is 1.25 bits per heavy atom. The van der Waals surface area contributed by atoms with Gasteiger partial charge in [0.15, 0.2) is 0 Å². The third-order valence-electron chi connectivity index (χ3n) is 2.74. The first-order valence-corrected chi connectivity index (χ1v) is 5.87. The second kappa shape index (κ2) is 4.58. The summed E-state index contributed by atoms with van der Waals surface area (Å²) in [6, 6.07) is 0. The number of hydrogen-bond donors (Lipinski definition) is 1. The van der Waals surface area contributed by atoms with Crippen molar-refractivity contribution in [1.82, 2.24) is 5.32 Å². The van der Waals surface area contributed by atoms with Crippen LogP contribution < -0.4 is 5.32 Å². The minimum atomic E-state index is -0.235. The van der Waals surface area contributed by atoms with E-state index < -0.39 is 0 Å². The molecule has 0 aromatic heterocycles. The molecule has 92 valence electrons. The van der Waals surface area contributed by atoms with Gasteiger partial charge < -0.3 is 10.1 Å². The zero-order valence-corrected chi connectivity index (χ0v) is 11.0. The highest BCUT2D eigenvalue weighted by molar-refractivity contribution is 5.81. The maximum atomic E-state index is 11.4. The number of carbonyl (C=O) groups is 1. The van der Waals surface area contributed by atoms with Crippen LogP contribution >= 0.6 is 0 Å². The van der Waals surface area contributed by atoms with Crippen LogP contribution in [-0.4, -0.2) is 23.2 Å². The Morgan fingerprint density at radius 3 is 2.19 bits per heavy atom. The van der Waals surface area contributed by atoms with Crippen molar-refractivity contribution in [2.24, 2.45) is 0 Å². The number of allylic oxidation sites excluding steroid dienone is 1. The Labute approximate surface area is 98.2 Å². The molecular formula is C13H23NO2. The highest BCUT2D eigenvalue weighted by Crippen LogP contribution is 2.30. The second-order valence-corrected chi connectivity index (χ2v) is 5.86. The van der Waals surface area contributed by atoms with Gasteiger partial charge in [-0.15, -0.1) is 0 Å². The number of ether oxygens (including phenoxy) is 1. The van der Waals surface area contributed by atoms with Crippen molar-refractivity contribution >= 4 is 5.97 Å². The van der Waals surface area contributed by atoms with Crippen molar-refractivity contribution in [1.29, 1.82) is 0 Å². The molecule has 0 radical (unpaired) electrons. The lowest BCUT2D eigenvalue weighted by Gasteiger charge is -2.45. The lowest BCUT2D eigenvalue weighted by atomic mass is 9.81. The maximum Gasteiger partial charge on any atom is 0.330 e. The molecule has 16 heavy (non-hydrogen) atoms. The monoisotopic (exact) mass is 225 g/mol. The summed E-state index contributed by atoms with van der Waals surface area (Å²) in [5.74, 6) is -0.235. The fourth-order valence-corrected chi connectivity index (χ4v) is 2.65. The van der Waals surface area contributed by atoms with Gasteiger partial charge in [-0.05, 0) is 34.6 Å². The van der Waals surface area contributed by atoms with Crippen LogP contribution in [0.25, 0.3) is 0 Å². The van der Waals surface area contributed by atoms with Crippen LogP contribution in [0.1, 0.15) is 47.5 Å². The first-order valence-electron chi connectivity index (χ1n) is 5.87. The highest BCUT2D eigenvalue weighted by Gasteiger charge is 2.39. The van der Waals surface area contributed by atoms with Crippen LogP contribution in [0.3, 0.4) is 0 Å². The van der Waals surface area contributed by atoms with Gasteiger partial charge in [0.1, 0.15) is 6.10 Å². The molecule has 0 aromatic rings. The second-order valence-electron chi connectivity index (χ2n) is 5.86. The van der Waals surface area contributed by atoms with E-state index in [0.717, 1.165) is 12.8 Å². The number of hydrogen-bond acceptors (Lipinski definition) is 3. The molecule has 0 unspecified atom stereocenters. The summed E-state index contributed by atoms with van der Waals surface area (Å²) < 4.78 is 5.44. The number of nitrogens with one attached hydrogen (secondary N) is 1. The fourth-order valence-electron chi connectivity index (χ4n) is 2.65. The van der Waals surface area contributed by atoms with E-state index in [1.807, 2.05) is 6.92 Å². The quantitative estimate of drug-likeness (QED) is 0.579. The van der Waals surface area contributed by atoms with Gasteiger partial charge in [-0.25, -0.2) is 4.79 Å². The fraction of sp³-hybridized carbons (Fsp3) is 0.769. The molecule has 0 atom stereocenters. The average molecular weight is 225 g/mol. The smallest absolute Gasteiger partial charge is 0.330 e. The van der Waals surface area contributed by atoms with E-state index in [-0.39, 0.29) is 23.2 Å². The Kier molecular flexibility index (Phi) is 3.79. The molecule has 1 saturated heterocycles. The summed E-state index contributed by atoms with van der Waals surface area (Å²) in [7, 11) is 0. The van der Waals surface area contributed by atoms with E-state index in [0.29, 0.717) is 0 Å². The molecular weight excluding hydrogens is 202 g/mol. The lowest BCUT2D eigenvalue weighted by molar-refractivity contribution is -0.147. The third-order valence-corrected chi connectivity index (χ3v) is 2.74. The number of rotatable bonds is 2. The largest absolute Gasteiger partial charge is 0.459 e. The van der Waals surface area contributed by atoms with Gasteiger partial charge in [0.2, 0.25) is 0 Å². The first-order chi connectivity index (χ1) is 7.24. The standard InChI is InChI=1S/C13H23NO2/c1-6-7-11(15)16-10-8-12(2,3)14-13(4,5)9-10/h6-7,10,14H,8-9H2,1-5H3. The van der Waals surface area contributed by atoms with Crippen LogP contribution in [0, 0.1) is 0 Å². The van der Waals surface area contributed by atoms with Gasteiger partial charge in [0.25, 0.3) is 0 Å². The minimum absolute atomic E-state index is 0.00921. The molecule has 3 nitrogen and oxygen atoms in total. The summed E-state index contributed by atoms with van der Waals surface area (Å²) in [5, 5.41) is 3.56. The number of piperidine rings is 1. The molecule has 1 rings (SSSR count). The zero-order valence-electron chi connectivity index (χ0n) is 11.0. The van der Waals surface area contributed by atoms with Crippen molar-refractivity contribution < 1.29 is 9.53 Å². The first kappa shape index (κ1) is 13.2. The lowest BCUT2D eigenvalue weighted by Crippen LogP contribution is -2.59. The Hall–Kier alpha value is -0.830. The van der Waals surface area contributed by atoms with Gasteiger partial charge in [0, 0.05) is 30.0 Å². The topological polar surface area (TPSA) is 38.3 Å². The van der Waals surface area contributed by atoms with Crippen LogP contribution in [-0.2, 0) is 9.53 Å². The van der Waals surface area contributed by atoms with Crippen molar-refractivity contribution in [3.05, 3.63) is 12.2 Å². The Bertz CT molecular complexity index is 276. The van der Waals surface area contributed by atoms with Crippen molar-refractivity contribution in [3.63, 3.8) is 0 Å². The molecule has 3 heteroatoms. The number of carbonyl (C=O) groups excluding carboxylic acids is 1. The summed E-state index contributed by atoms with van der Waals surface area (Å²) in [4.78, 5) is 11.4.